The highest BCUT2D eigenvalue weighted by Crippen LogP contribution is 2.33. The van der Waals surface area contributed by atoms with Crippen molar-refractivity contribution in [1.29, 1.82) is 0 Å². The lowest BCUT2D eigenvalue weighted by molar-refractivity contribution is -0.0416. The molecule has 1 N–H and O–H groups in total. The molecule has 1 aliphatic carbocycles. The molecule has 1 aromatic carbocycles. The lowest BCUT2D eigenvalue weighted by atomic mass is 9.88. The third-order valence-electron chi connectivity index (χ3n) is 5.55. The number of hydrogen-bond acceptors (Lipinski definition) is 3. The number of nitrogens with zero attached hydrogens (tertiary/aromatic N) is 1. The van der Waals surface area contributed by atoms with Gasteiger partial charge in [-0.05, 0) is 43.9 Å². The highest BCUT2D eigenvalue weighted by molar-refractivity contribution is 5.98. The van der Waals surface area contributed by atoms with Crippen LogP contribution in [0, 0.1) is 5.92 Å². The first-order valence-corrected chi connectivity index (χ1v) is 9.07. The van der Waals surface area contributed by atoms with Gasteiger partial charge in [0.25, 0.3) is 5.91 Å². The number of para-hydroxylation sites is 1. The molecule has 2 heterocycles. The molecular formula is C19H26N2O2. The van der Waals surface area contributed by atoms with Gasteiger partial charge in [-0.2, -0.15) is 0 Å². The Labute approximate surface area is 138 Å². The maximum absolute atomic E-state index is 12.4. The lowest BCUT2D eigenvalue weighted by Gasteiger charge is -2.46. The first kappa shape index (κ1) is 15.0. The summed E-state index contributed by atoms with van der Waals surface area (Å²) in [4.78, 5) is 15.0. The van der Waals surface area contributed by atoms with Gasteiger partial charge in [0.1, 0.15) is 5.75 Å². The molecule has 4 heteroatoms. The number of hydrogen-bond donors (Lipinski definition) is 1. The molecule has 0 bridgehead atoms. The van der Waals surface area contributed by atoms with Crippen molar-refractivity contribution in [2.75, 3.05) is 19.6 Å². The summed E-state index contributed by atoms with van der Waals surface area (Å²) < 4.78 is 6.28. The van der Waals surface area contributed by atoms with Gasteiger partial charge in [0.15, 0.2) is 5.72 Å². The molecule has 1 saturated carbocycles. The SMILES string of the molecule is O=C1NC2(CCCN(CC3CCCCC3)C2)Oc2ccccc21. The van der Waals surface area contributed by atoms with Crippen LogP contribution in [-0.2, 0) is 0 Å². The van der Waals surface area contributed by atoms with E-state index in [-0.39, 0.29) is 5.91 Å². The van der Waals surface area contributed by atoms with Crippen molar-refractivity contribution in [3.63, 3.8) is 0 Å². The number of ether oxygens (including phenoxy) is 1. The van der Waals surface area contributed by atoms with Gasteiger partial charge in [-0.3, -0.25) is 9.69 Å². The normalized spacial score (nSPS) is 29.0. The van der Waals surface area contributed by atoms with E-state index in [1.807, 2.05) is 24.3 Å². The Bertz CT molecular complexity index is 582. The molecule has 23 heavy (non-hydrogen) atoms. The monoisotopic (exact) mass is 314 g/mol. The molecule has 1 amide bonds. The molecule has 1 unspecified atom stereocenters. The van der Waals surface area contributed by atoms with Crippen molar-refractivity contribution in [2.24, 2.45) is 5.92 Å². The van der Waals surface area contributed by atoms with E-state index in [1.165, 1.54) is 32.1 Å². The number of benzene rings is 1. The van der Waals surface area contributed by atoms with E-state index in [1.54, 1.807) is 0 Å². The minimum Gasteiger partial charge on any atom is -0.466 e. The number of fused-ring (bicyclic) bond motifs is 1. The molecular weight excluding hydrogens is 288 g/mol. The largest absolute Gasteiger partial charge is 0.466 e. The van der Waals surface area contributed by atoms with Crippen molar-refractivity contribution >= 4 is 5.91 Å². The summed E-state index contributed by atoms with van der Waals surface area (Å²) in [5, 5.41) is 3.15. The van der Waals surface area contributed by atoms with Gasteiger partial charge in [-0.1, -0.05) is 31.4 Å². The van der Waals surface area contributed by atoms with Gasteiger partial charge in [-0.25, -0.2) is 0 Å². The maximum Gasteiger partial charge on any atom is 0.258 e. The van der Waals surface area contributed by atoms with E-state index >= 15 is 0 Å². The molecule has 0 aromatic heterocycles. The van der Waals surface area contributed by atoms with Gasteiger partial charge in [-0.15, -0.1) is 0 Å². The van der Waals surface area contributed by atoms with Crippen LogP contribution in [0.25, 0.3) is 0 Å². The number of carbonyl (C=O) groups excluding carboxylic acids is 1. The Morgan fingerprint density at radius 2 is 2.00 bits per heavy atom. The molecule has 4 nitrogen and oxygen atoms in total. The van der Waals surface area contributed by atoms with Crippen LogP contribution < -0.4 is 10.1 Å². The van der Waals surface area contributed by atoms with Crippen molar-refractivity contribution in [2.45, 2.75) is 50.7 Å². The quantitative estimate of drug-likeness (QED) is 0.911. The fourth-order valence-electron chi connectivity index (χ4n) is 4.44. The first-order valence-electron chi connectivity index (χ1n) is 9.07. The predicted octanol–water partition coefficient (Wildman–Crippen LogP) is 3.18. The van der Waals surface area contributed by atoms with Crippen LogP contribution in [0.3, 0.4) is 0 Å². The standard InChI is InChI=1S/C19H26N2O2/c22-18-16-9-4-5-10-17(16)23-19(20-18)11-6-12-21(14-19)13-15-7-2-1-3-8-15/h4-5,9-10,15H,1-3,6-8,11-14H2,(H,20,22). The number of piperidine rings is 1. The molecule has 3 aliphatic rings. The molecule has 2 aliphatic heterocycles. The lowest BCUT2D eigenvalue weighted by Crippen LogP contribution is -2.64. The van der Waals surface area contributed by atoms with Crippen LogP contribution >= 0.6 is 0 Å². The van der Waals surface area contributed by atoms with Crippen LogP contribution in [0.1, 0.15) is 55.3 Å². The minimum absolute atomic E-state index is 0.00589. The molecule has 1 spiro atoms. The number of likely N-dealkylation sites (tertiary alicyclic amines) is 1. The molecule has 1 saturated heterocycles. The average molecular weight is 314 g/mol. The summed E-state index contributed by atoms with van der Waals surface area (Å²) >= 11 is 0. The number of nitrogens with one attached hydrogen (secondary N) is 1. The second-order valence-electron chi connectivity index (χ2n) is 7.39. The smallest absolute Gasteiger partial charge is 0.258 e. The van der Waals surface area contributed by atoms with Gasteiger partial charge in [0.2, 0.25) is 0 Å². The van der Waals surface area contributed by atoms with Crippen molar-refractivity contribution < 1.29 is 9.53 Å². The fourth-order valence-corrected chi connectivity index (χ4v) is 4.44. The zero-order chi connectivity index (χ0) is 15.7. The third kappa shape index (κ3) is 3.09. The molecule has 1 atom stereocenters. The summed E-state index contributed by atoms with van der Waals surface area (Å²) in [6, 6.07) is 7.57. The van der Waals surface area contributed by atoms with Crippen LogP contribution in [0.15, 0.2) is 24.3 Å². The Morgan fingerprint density at radius 3 is 2.87 bits per heavy atom. The van der Waals surface area contributed by atoms with E-state index in [0.29, 0.717) is 5.56 Å². The van der Waals surface area contributed by atoms with E-state index < -0.39 is 5.72 Å². The summed E-state index contributed by atoms with van der Waals surface area (Å²) in [5.41, 5.74) is 0.126. The predicted molar refractivity (Wildman–Crippen MR) is 89.5 cm³/mol. The first-order chi connectivity index (χ1) is 11.2. The minimum atomic E-state index is -0.529. The zero-order valence-corrected chi connectivity index (χ0v) is 13.7. The fraction of sp³-hybridized carbons (Fsp3) is 0.632. The molecule has 124 valence electrons. The Balaban J connectivity index is 1.47. The molecule has 0 radical (unpaired) electrons. The van der Waals surface area contributed by atoms with E-state index in [4.69, 9.17) is 4.74 Å². The molecule has 1 aromatic rings. The molecule has 2 fully saturated rings. The number of amides is 1. The maximum atomic E-state index is 12.4. The Morgan fingerprint density at radius 1 is 1.17 bits per heavy atom. The highest BCUT2D eigenvalue weighted by Gasteiger charge is 2.43. The number of carbonyl (C=O) groups is 1. The van der Waals surface area contributed by atoms with Crippen molar-refractivity contribution in [3.05, 3.63) is 29.8 Å². The van der Waals surface area contributed by atoms with Gasteiger partial charge < -0.3 is 10.1 Å². The second-order valence-corrected chi connectivity index (χ2v) is 7.39. The van der Waals surface area contributed by atoms with Gasteiger partial charge in [0.05, 0.1) is 12.1 Å². The van der Waals surface area contributed by atoms with Crippen LogP contribution in [0.2, 0.25) is 0 Å². The molecule has 4 rings (SSSR count). The summed E-state index contributed by atoms with van der Waals surface area (Å²) in [7, 11) is 0. The van der Waals surface area contributed by atoms with Crippen molar-refractivity contribution in [1.82, 2.24) is 10.2 Å². The summed E-state index contributed by atoms with van der Waals surface area (Å²) in [6.07, 6.45) is 8.85. The zero-order valence-electron chi connectivity index (χ0n) is 13.7. The Hall–Kier alpha value is -1.55. The third-order valence-corrected chi connectivity index (χ3v) is 5.55. The number of rotatable bonds is 2. The van der Waals surface area contributed by atoms with Gasteiger partial charge in [0, 0.05) is 13.0 Å². The Kier molecular flexibility index (Phi) is 4.02. The topological polar surface area (TPSA) is 41.6 Å². The van der Waals surface area contributed by atoms with E-state index in [0.717, 1.165) is 44.1 Å². The van der Waals surface area contributed by atoms with E-state index in [9.17, 15) is 4.79 Å². The second kappa shape index (κ2) is 6.16. The van der Waals surface area contributed by atoms with Gasteiger partial charge >= 0.3 is 0 Å². The van der Waals surface area contributed by atoms with Crippen LogP contribution in [0.5, 0.6) is 5.75 Å². The van der Waals surface area contributed by atoms with E-state index in [2.05, 4.69) is 10.2 Å². The summed E-state index contributed by atoms with van der Waals surface area (Å²) in [5.74, 6) is 1.56. The average Bonchev–Trinajstić information content (AvgIpc) is 2.56. The summed E-state index contributed by atoms with van der Waals surface area (Å²) in [6.45, 7) is 3.09. The van der Waals surface area contributed by atoms with Crippen LogP contribution in [-0.4, -0.2) is 36.2 Å². The van der Waals surface area contributed by atoms with Crippen LogP contribution in [0.4, 0.5) is 0 Å². The highest BCUT2D eigenvalue weighted by atomic mass is 16.5. The van der Waals surface area contributed by atoms with Crippen molar-refractivity contribution in [3.8, 4) is 5.75 Å².